The van der Waals surface area contributed by atoms with Gasteiger partial charge in [-0.3, -0.25) is 14.6 Å². The zero-order valence-electron chi connectivity index (χ0n) is 22.9. The van der Waals surface area contributed by atoms with Crippen LogP contribution >= 0.6 is 0 Å². The van der Waals surface area contributed by atoms with Crippen molar-refractivity contribution in [1.82, 2.24) is 20.0 Å². The van der Waals surface area contributed by atoms with Crippen LogP contribution in [-0.4, -0.2) is 92.7 Å². The molecule has 2 aliphatic heterocycles. The van der Waals surface area contributed by atoms with E-state index in [1.54, 1.807) is 44.2 Å². The van der Waals surface area contributed by atoms with E-state index in [1.807, 2.05) is 42.2 Å². The summed E-state index contributed by atoms with van der Waals surface area (Å²) >= 11 is 0. The van der Waals surface area contributed by atoms with Gasteiger partial charge in [0.05, 0.1) is 32.4 Å². The Labute approximate surface area is 229 Å². The summed E-state index contributed by atoms with van der Waals surface area (Å²) in [4.78, 5) is 45.2. The molecule has 1 saturated heterocycles. The van der Waals surface area contributed by atoms with Gasteiger partial charge in [-0.25, -0.2) is 9.59 Å². The second kappa shape index (κ2) is 12.7. The molecule has 1 N–H and O–H groups in total. The molecule has 0 bridgehead atoms. The molecule has 0 saturated carbocycles. The number of nitrogens with one attached hydrogen (secondary N) is 1. The van der Waals surface area contributed by atoms with Gasteiger partial charge < -0.3 is 24.4 Å². The van der Waals surface area contributed by atoms with Crippen molar-refractivity contribution in [2.75, 3.05) is 60.1 Å². The average Bonchev–Trinajstić information content (AvgIpc) is 2.97. The van der Waals surface area contributed by atoms with E-state index in [0.717, 1.165) is 5.56 Å². The third-order valence-electron chi connectivity index (χ3n) is 7.03. The highest BCUT2D eigenvalue weighted by Gasteiger charge is 2.38. The van der Waals surface area contributed by atoms with Gasteiger partial charge in [0.2, 0.25) is 0 Å². The lowest BCUT2D eigenvalue weighted by atomic mass is 9.94. The Morgan fingerprint density at radius 2 is 1.62 bits per heavy atom. The number of nitrogens with zero attached hydrogens (tertiary/aromatic N) is 3. The summed E-state index contributed by atoms with van der Waals surface area (Å²) in [5.74, 6) is 0.746. The summed E-state index contributed by atoms with van der Waals surface area (Å²) in [7, 11) is 3.15. The van der Waals surface area contributed by atoms with Crippen LogP contribution in [0.3, 0.4) is 0 Å². The van der Waals surface area contributed by atoms with Crippen LogP contribution in [-0.2, 0) is 9.53 Å². The van der Waals surface area contributed by atoms with E-state index < -0.39 is 12.0 Å². The Hall–Kier alpha value is -4.05. The van der Waals surface area contributed by atoms with Gasteiger partial charge in [-0.2, -0.15) is 0 Å². The van der Waals surface area contributed by atoms with E-state index in [1.165, 1.54) is 0 Å². The van der Waals surface area contributed by atoms with E-state index in [0.29, 0.717) is 67.6 Å². The standard InChI is InChI=1S/C29H36N4O6/c1-5-33-24(19-31-13-15-32(16-14-31)27(34)21-10-8-12-23(18-21)38-4)25(28(35)39-6-2)26(30-29(33)36)20-9-7-11-22(17-20)37-3/h7-12,17-18,26H,5-6,13-16,19H2,1-4H3,(H,30,36). The lowest BCUT2D eigenvalue weighted by Gasteiger charge is -2.40. The van der Waals surface area contributed by atoms with Crippen LogP contribution in [0.25, 0.3) is 0 Å². The molecule has 2 aliphatic rings. The van der Waals surface area contributed by atoms with Crippen molar-refractivity contribution in [3.63, 3.8) is 0 Å². The van der Waals surface area contributed by atoms with E-state index in [2.05, 4.69) is 10.2 Å². The number of esters is 1. The summed E-state index contributed by atoms with van der Waals surface area (Å²) < 4.78 is 16.1. The lowest BCUT2D eigenvalue weighted by Crippen LogP contribution is -2.53. The van der Waals surface area contributed by atoms with Gasteiger partial charge in [-0.05, 0) is 49.7 Å². The van der Waals surface area contributed by atoms with Gasteiger partial charge in [0.15, 0.2) is 0 Å². The summed E-state index contributed by atoms with van der Waals surface area (Å²) in [6.07, 6.45) is 0. The zero-order valence-corrected chi connectivity index (χ0v) is 22.9. The number of hydrogen-bond acceptors (Lipinski definition) is 7. The molecule has 10 nitrogen and oxygen atoms in total. The van der Waals surface area contributed by atoms with Crippen molar-refractivity contribution in [2.24, 2.45) is 0 Å². The first-order valence-electron chi connectivity index (χ1n) is 13.2. The highest BCUT2D eigenvalue weighted by atomic mass is 16.5. The molecule has 208 valence electrons. The third kappa shape index (κ3) is 6.17. The number of urea groups is 1. The quantitative estimate of drug-likeness (QED) is 0.492. The second-order valence-electron chi connectivity index (χ2n) is 9.28. The molecule has 0 spiro atoms. The summed E-state index contributed by atoms with van der Waals surface area (Å²) in [6.45, 7) is 6.85. The molecule has 0 aliphatic carbocycles. The fraction of sp³-hybridized carbons (Fsp3) is 0.414. The highest BCUT2D eigenvalue weighted by molar-refractivity contribution is 5.95. The third-order valence-corrected chi connectivity index (χ3v) is 7.03. The van der Waals surface area contributed by atoms with Gasteiger partial charge in [0.25, 0.3) is 5.91 Å². The molecule has 4 rings (SSSR count). The largest absolute Gasteiger partial charge is 0.497 e. The van der Waals surface area contributed by atoms with Crippen LogP contribution in [0.4, 0.5) is 4.79 Å². The van der Waals surface area contributed by atoms with Crippen molar-refractivity contribution >= 4 is 17.9 Å². The zero-order chi connectivity index (χ0) is 27.9. The molecule has 2 aromatic carbocycles. The van der Waals surface area contributed by atoms with Gasteiger partial charge in [-0.1, -0.05) is 18.2 Å². The van der Waals surface area contributed by atoms with Crippen LogP contribution in [0.2, 0.25) is 0 Å². The van der Waals surface area contributed by atoms with Crippen molar-refractivity contribution in [2.45, 2.75) is 19.9 Å². The van der Waals surface area contributed by atoms with Gasteiger partial charge in [0.1, 0.15) is 11.5 Å². The van der Waals surface area contributed by atoms with Crippen LogP contribution in [0, 0.1) is 0 Å². The predicted molar refractivity (Wildman–Crippen MR) is 146 cm³/mol. The Kier molecular flexibility index (Phi) is 9.08. The number of methoxy groups -OCH3 is 2. The smallest absolute Gasteiger partial charge is 0.338 e. The molecule has 1 unspecified atom stereocenters. The Morgan fingerprint density at radius 1 is 0.949 bits per heavy atom. The number of amides is 3. The first-order valence-corrected chi connectivity index (χ1v) is 13.2. The minimum Gasteiger partial charge on any atom is -0.497 e. The van der Waals surface area contributed by atoms with Crippen molar-refractivity contribution in [3.05, 3.63) is 70.9 Å². The van der Waals surface area contributed by atoms with Gasteiger partial charge in [0, 0.05) is 50.5 Å². The lowest BCUT2D eigenvalue weighted by molar-refractivity contribution is -0.139. The number of rotatable bonds is 9. The van der Waals surface area contributed by atoms with Crippen LogP contribution in [0.5, 0.6) is 11.5 Å². The normalized spacial score (nSPS) is 18.1. The maximum absolute atomic E-state index is 13.3. The monoisotopic (exact) mass is 536 g/mol. The predicted octanol–water partition coefficient (Wildman–Crippen LogP) is 3.07. The fourth-order valence-corrected chi connectivity index (χ4v) is 4.99. The van der Waals surface area contributed by atoms with E-state index in [4.69, 9.17) is 14.2 Å². The molecule has 2 aromatic rings. The molecule has 3 amide bonds. The maximum atomic E-state index is 13.3. The Balaban J connectivity index is 1.59. The number of piperazine rings is 1. The van der Waals surface area contributed by atoms with E-state index >= 15 is 0 Å². The minimum atomic E-state index is -0.680. The van der Waals surface area contributed by atoms with Crippen molar-refractivity contribution < 1.29 is 28.6 Å². The molecule has 0 aromatic heterocycles. The molecule has 2 heterocycles. The fourth-order valence-electron chi connectivity index (χ4n) is 4.99. The first kappa shape index (κ1) is 28.0. The van der Waals surface area contributed by atoms with Crippen LogP contribution < -0.4 is 14.8 Å². The summed E-state index contributed by atoms with van der Waals surface area (Å²) in [5.41, 5.74) is 2.33. The maximum Gasteiger partial charge on any atom is 0.338 e. The number of carbonyl (C=O) groups excluding carboxylic acids is 3. The van der Waals surface area contributed by atoms with Gasteiger partial charge >= 0.3 is 12.0 Å². The topological polar surface area (TPSA) is 101 Å². The van der Waals surface area contributed by atoms with E-state index in [-0.39, 0.29) is 18.5 Å². The Morgan fingerprint density at radius 3 is 2.26 bits per heavy atom. The number of likely N-dealkylation sites (N-methyl/N-ethyl adjacent to an activating group) is 1. The number of hydrogen-bond donors (Lipinski definition) is 1. The van der Waals surface area contributed by atoms with Crippen LogP contribution in [0.15, 0.2) is 59.8 Å². The number of ether oxygens (including phenoxy) is 3. The Bertz CT molecular complexity index is 1240. The molecule has 1 fully saturated rings. The average molecular weight is 537 g/mol. The molecular weight excluding hydrogens is 500 g/mol. The van der Waals surface area contributed by atoms with E-state index in [9.17, 15) is 14.4 Å². The first-order chi connectivity index (χ1) is 18.9. The number of carbonyl (C=O) groups is 3. The number of benzene rings is 2. The summed E-state index contributed by atoms with van der Waals surface area (Å²) in [6, 6.07) is 13.5. The van der Waals surface area contributed by atoms with Crippen LogP contribution in [0.1, 0.15) is 35.8 Å². The minimum absolute atomic E-state index is 0.0507. The van der Waals surface area contributed by atoms with Crippen molar-refractivity contribution in [3.8, 4) is 11.5 Å². The SMILES string of the molecule is CCOC(=O)C1=C(CN2CCN(C(=O)c3cccc(OC)c3)CC2)N(CC)C(=O)NC1c1cccc(OC)c1. The summed E-state index contributed by atoms with van der Waals surface area (Å²) in [5, 5.41) is 2.98. The molecule has 1 atom stereocenters. The molecule has 0 radical (unpaired) electrons. The molecule has 39 heavy (non-hydrogen) atoms. The molecular formula is C29H36N4O6. The van der Waals surface area contributed by atoms with Gasteiger partial charge in [-0.15, -0.1) is 0 Å². The second-order valence-corrected chi connectivity index (χ2v) is 9.28. The van der Waals surface area contributed by atoms with Crippen molar-refractivity contribution in [1.29, 1.82) is 0 Å². The highest BCUT2D eigenvalue weighted by Crippen LogP contribution is 2.33. The molecule has 10 heteroatoms.